The van der Waals surface area contributed by atoms with E-state index in [2.05, 4.69) is 4.98 Å². The molecule has 3 rings (SSSR count). The fourth-order valence-electron chi connectivity index (χ4n) is 2.21. The van der Waals surface area contributed by atoms with Crippen LogP contribution in [-0.4, -0.2) is 11.5 Å². The smallest absolute Gasteiger partial charge is 0.131 e. The van der Waals surface area contributed by atoms with E-state index in [-0.39, 0.29) is 5.82 Å². The maximum absolute atomic E-state index is 14.1. The molecule has 0 spiro atoms. The van der Waals surface area contributed by atoms with Crippen molar-refractivity contribution in [2.45, 2.75) is 6.42 Å². The van der Waals surface area contributed by atoms with E-state index in [4.69, 9.17) is 5.73 Å². The summed E-state index contributed by atoms with van der Waals surface area (Å²) in [5, 5.41) is 0.939. The van der Waals surface area contributed by atoms with Crippen molar-refractivity contribution in [1.82, 2.24) is 4.98 Å². The second kappa shape index (κ2) is 6.16. The van der Waals surface area contributed by atoms with Gasteiger partial charge in [0, 0.05) is 17.5 Å². The highest BCUT2D eigenvalue weighted by Crippen LogP contribution is 2.38. The molecule has 0 aliphatic rings. The summed E-state index contributed by atoms with van der Waals surface area (Å²) in [5.74, 6) is -0.224. The van der Waals surface area contributed by atoms with Gasteiger partial charge in [-0.25, -0.2) is 9.37 Å². The van der Waals surface area contributed by atoms with E-state index in [9.17, 15) is 4.39 Å². The van der Waals surface area contributed by atoms with Crippen LogP contribution in [0, 0.1) is 5.82 Å². The molecule has 0 fully saturated rings. The number of thiazole rings is 1. The van der Waals surface area contributed by atoms with Crippen molar-refractivity contribution in [3.05, 3.63) is 65.4 Å². The quantitative estimate of drug-likeness (QED) is 0.787. The van der Waals surface area contributed by atoms with Gasteiger partial charge in [-0.2, -0.15) is 0 Å². The van der Waals surface area contributed by atoms with Crippen LogP contribution in [0.3, 0.4) is 0 Å². The van der Waals surface area contributed by atoms with Gasteiger partial charge in [-0.3, -0.25) is 0 Å². The van der Waals surface area contributed by atoms with E-state index in [1.165, 1.54) is 17.4 Å². The third-order valence-corrected chi connectivity index (χ3v) is 4.34. The number of rotatable bonds is 4. The summed E-state index contributed by atoms with van der Waals surface area (Å²) in [7, 11) is 0. The Labute approximate surface area is 127 Å². The SMILES string of the molecule is NCCc1nc(-c2ccccc2)c(-c2ccccc2F)s1. The highest BCUT2D eigenvalue weighted by molar-refractivity contribution is 7.15. The molecule has 2 nitrogen and oxygen atoms in total. The first-order valence-electron chi connectivity index (χ1n) is 6.79. The summed E-state index contributed by atoms with van der Waals surface area (Å²) in [6, 6.07) is 16.7. The van der Waals surface area contributed by atoms with Crippen molar-refractivity contribution < 1.29 is 4.39 Å². The molecule has 2 aromatic carbocycles. The Kier molecular flexibility index (Phi) is 4.08. The predicted molar refractivity (Wildman–Crippen MR) is 85.7 cm³/mol. The number of aromatic nitrogens is 1. The van der Waals surface area contributed by atoms with Gasteiger partial charge in [0.25, 0.3) is 0 Å². The molecule has 0 aliphatic carbocycles. The minimum Gasteiger partial charge on any atom is -0.330 e. The van der Waals surface area contributed by atoms with Crippen LogP contribution in [0.1, 0.15) is 5.01 Å². The Morgan fingerprint density at radius 3 is 2.43 bits per heavy atom. The van der Waals surface area contributed by atoms with Crippen molar-refractivity contribution in [3.63, 3.8) is 0 Å². The van der Waals surface area contributed by atoms with Crippen molar-refractivity contribution >= 4 is 11.3 Å². The minimum absolute atomic E-state index is 0.224. The summed E-state index contributed by atoms with van der Waals surface area (Å²) in [5.41, 5.74) is 8.04. The normalized spacial score (nSPS) is 10.8. The zero-order chi connectivity index (χ0) is 14.7. The van der Waals surface area contributed by atoms with Crippen LogP contribution in [0.15, 0.2) is 54.6 Å². The summed E-state index contributed by atoms with van der Waals surface area (Å²) >= 11 is 1.52. The van der Waals surface area contributed by atoms with Gasteiger partial charge >= 0.3 is 0 Å². The van der Waals surface area contributed by atoms with E-state index >= 15 is 0 Å². The number of nitrogens with two attached hydrogens (primary N) is 1. The molecule has 0 saturated carbocycles. The first-order valence-corrected chi connectivity index (χ1v) is 7.61. The van der Waals surface area contributed by atoms with E-state index in [0.29, 0.717) is 18.5 Å². The zero-order valence-corrected chi connectivity index (χ0v) is 12.2. The van der Waals surface area contributed by atoms with Gasteiger partial charge in [0.15, 0.2) is 0 Å². The summed E-state index contributed by atoms with van der Waals surface area (Å²) < 4.78 is 14.1. The average molecular weight is 298 g/mol. The van der Waals surface area contributed by atoms with Crippen LogP contribution in [-0.2, 0) is 6.42 Å². The summed E-state index contributed by atoms with van der Waals surface area (Å²) in [6.07, 6.45) is 0.707. The zero-order valence-electron chi connectivity index (χ0n) is 11.4. The van der Waals surface area contributed by atoms with Crippen molar-refractivity contribution in [3.8, 4) is 21.7 Å². The molecule has 0 atom stereocenters. The molecule has 0 amide bonds. The Morgan fingerprint density at radius 2 is 1.71 bits per heavy atom. The van der Waals surface area contributed by atoms with E-state index in [0.717, 1.165) is 21.1 Å². The number of hydrogen-bond acceptors (Lipinski definition) is 3. The van der Waals surface area contributed by atoms with Crippen LogP contribution < -0.4 is 5.73 Å². The molecule has 1 aromatic heterocycles. The lowest BCUT2D eigenvalue weighted by Crippen LogP contribution is -2.01. The Hall–Kier alpha value is -2.04. The lowest BCUT2D eigenvalue weighted by atomic mass is 10.1. The third kappa shape index (κ3) is 2.86. The molecule has 1 heterocycles. The molecule has 0 aliphatic heterocycles. The van der Waals surface area contributed by atoms with Crippen LogP contribution in [0.2, 0.25) is 0 Å². The van der Waals surface area contributed by atoms with Crippen LogP contribution in [0.25, 0.3) is 21.7 Å². The molecular weight excluding hydrogens is 283 g/mol. The van der Waals surface area contributed by atoms with E-state index in [1.807, 2.05) is 36.4 Å². The molecule has 2 N–H and O–H groups in total. The van der Waals surface area contributed by atoms with Gasteiger partial charge in [0.05, 0.1) is 15.6 Å². The predicted octanol–water partition coefficient (Wildman–Crippen LogP) is 4.12. The first kappa shape index (κ1) is 13.9. The maximum atomic E-state index is 14.1. The number of benzene rings is 2. The van der Waals surface area contributed by atoms with Crippen molar-refractivity contribution in [2.24, 2.45) is 5.73 Å². The summed E-state index contributed by atoms with van der Waals surface area (Å²) in [6.45, 7) is 0.540. The third-order valence-electron chi connectivity index (χ3n) is 3.20. The number of nitrogens with zero attached hydrogens (tertiary/aromatic N) is 1. The number of halogens is 1. The molecule has 0 saturated heterocycles. The number of hydrogen-bond donors (Lipinski definition) is 1. The van der Waals surface area contributed by atoms with Gasteiger partial charge in [-0.15, -0.1) is 11.3 Å². The second-order valence-electron chi connectivity index (χ2n) is 4.67. The minimum atomic E-state index is -0.224. The van der Waals surface area contributed by atoms with Gasteiger partial charge in [-0.05, 0) is 12.6 Å². The largest absolute Gasteiger partial charge is 0.330 e. The van der Waals surface area contributed by atoms with E-state index in [1.54, 1.807) is 12.1 Å². The van der Waals surface area contributed by atoms with Crippen LogP contribution >= 0.6 is 11.3 Å². The van der Waals surface area contributed by atoms with Crippen LogP contribution in [0.5, 0.6) is 0 Å². The van der Waals surface area contributed by atoms with Crippen molar-refractivity contribution in [2.75, 3.05) is 6.54 Å². The lowest BCUT2D eigenvalue weighted by Gasteiger charge is -2.03. The van der Waals surface area contributed by atoms with Gasteiger partial charge in [-0.1, -0.05) is 48.5 Å². The van der Waals surface area contributed by atoms with Gasteiger partial charge in [0.2, 0.25) is 0 Å². The molecule has 0 bridgehead atoms. The highest BCUT2D eigenvalue weighted by atomic mass is 32.1. The molecule has 21 heavy (non-hydrogen) atoms. The van der Waals surface area contributed by atoms with Gasteiger partial charge < -0.3 is 5.73 Å². The Bertz CT molecular complexity index is 738. The fraction of sp³-hybridized carbons (Fsp3) is 0.118. The molecule has 4 heteroatoms. The second-order valence-corrected chi connectivity index (χ2v) is 5.75. The first-order chi connectivity index (χ1) is 10.3. The average Bonchev–Trinajstić information content (AvgIpc) is 2.93. The molecule has 3 aromatic rings. The molecular formula is C17H15FN2S. The van der Waals surface area contributed by atoms with Crippen LogP contribution in [0.4, 0.5) is 4.39 Å². The summed E-state index contributed by atoms with van der Waals surface area (Å²) in [4.78, 5) is 5.52. The van der Waals surface area contributed by atoms with E-state index < -0.39 is 0 Å². The monoisotopic (exact) mass is 298 g/mol. The molecule has 0 unspecified atom stereocenters. The Balaban J connectivity index is 2.17. The maximum Gasteiger partial charge on any atom is 0.131 e. The Morgan fingerprint density at radius 1 is 1.00 bits per heavy atom. The molecule has 0 radical (unpaired) electrons. The standard InChI is InChI=1S/C17H15FN2S/c18-14-9-5-4-8-13(14)17-16(12-6-2-1-3-7-12)20-15(21-17)10-11-19/h1-9H,10-11,19H2. The fourth-order valence-corrected chi connectivity index (χ4v) is 3.34. The lowest BCUT2D eigenvalue weighted by molar-refractivity contribution is 0.631. The van der Waals surface area contributed by atoms with Gasteiger partial charge in [0.1, 0.15) is 5.82 Å². The highest BCUT2D eigenvalue weighted by Gasteiger charge is 2.16. The molecule has 106 valence electrons. The topological polar surface area (TPSA) is 38.9 Å². The van der Waals surface area contributed by atoms with Crippen molar-refractivity contribution in [1.29, 1.82) is 0 Å².